The molecule has 10 heteroatoms. The second kappa shape index (κ2) is 10.9. The van der Waals surface area contributed by atoms with Gasteiger partial charge in [-0.3, -0.25) is 14.9 Å². The van der Waals surface area contributed by atoms with Crippen LogP contribution in [-0.2, 0) is 0 Å². The first kappa shape index (κ1) is 25.2. The molecule has 0 aromatic heterocycles. The summed E-state index contributed by atoms with van der Waals surface area (Å²) in [7, 11) is 0. The van der Waals surface area contributed by atoms with E-state index in [2.05, 4.69) is 16.0 Å². The summed E-state index contributed by atoms with van der Waals surface area (Å²) in [6, 6.07) is 26.8. The molecule has 5 rings (SSSR count). The lowest BCUT2D eigenvalue weighted by Crippen LogP contribution is -2.45. The molecule has 2 unspecified atom stereocenters. The van der Waals surface area contributed by atoms with Crippen molar-refractivity contribution in [3.8, 4) is 0 Å². The molecule has 0 radical (unpaired) electrons. The van der Waals surface area contributed by atoms with Gasteiger partial charge in [0.05, 0.1) is 17.0 Å². The summed E-state index contributed by atoms with van der Waals surface area (Å²) in [6.45, 7) is 0. The van der Waals surface area contributed by atoms with Crippen molar-refractivity contribution in [3.63, 3.8) is 0 Å². The van der Waals surface area contributed by atoms with Gasteiger partial charge in [-0.15, -0.1) is 0 Å². The average Bonchev–Trinajstić information content (AvgIpc) is 3.25. The Balaban J connectivity index is 1.55. The maximum Gasteiger partial charge on any atom is 0.329 e. The Bertz CT molecular complexity index is 1530. The van der Waals surface area contributed by atoms with Gasteiger partial charge in [-0.05, 0) is 41.5 Å². The molecular formula is C29H23N5O5. The Hall–Kier alpha value is -5.51. The number of nitrogens with one attached hydrogen (secondary N) is 3. The van der Waals surface area contributed by atoms with Gasteiger partial charge in [0.15, 0.2) is 0 Å². The molecule has 0 bridgehead atoms. The molecule has 5 amide bonds. The molecule has 194 valence electrons. The second-order valence-corrected chi connectivity index (χ2v) is 8.79. The number of anilines is 2. The van der Waals surface area contributed by atoms with Crippen molar-refractivity contribution >= 4 is 35.0 Å². The lowest BCUT2D eigenvalue weighted by molar-refractivity contribution is -0.384. The van der Waals surface area contributed by atoms with Crippen molar-refractivity contribution in [2.75, 3.05) is 10.6 Å². The molecule has 4 aromatic rings. The normalized spacial score (nSPS) is 14.7. The van der Waals surface area contributed by atoms with Crippen molar-refractivity contribution in [1.82, 2.24) is 10.2 Å². The minimum Gasteiger partial charge on any atom is -0.329 e. The molecule has 4 aromatic carbocycles. The number of hydrogen-bond acceptors (Lipinski definition) is 5. The maximum atomic E-state index is 13.5. The molecule has 0 aliphatic carbocycles. The topological polar surface area (TPSA) is 134 Å². The van der Waals surface area contributed by atoms with E-state index in [1.54, 1.807) is 78.9 Å². The van der Waals surface area contributed by atoms with E-state index >= 15 is 0 Å². The van der Waals surface area contributed by atoms with Gasteiger partial charge in [0, 0.05) is 29.1 Å². The minimum atomic E-state index is -0.944. The summed E-state index contributed by atoms with van der Waals surface area (Å²) in [4.78, 5) is 52.0. The Morgan fingerprint density at radius 1 is 0.769 bits per heavy atom. The second-order valence-electron chi connectivity index (χ2n) is 8.79. The van der Waals surface area contributed by atoms with Crippen molar-refractivity contribution in [3.05, 3.63) is 136 Å². The van der Waals surface area contributed by atoms with Crippen LogP contribution in [-0.4, -0.2) is 27.8 Å². The zero-order chi connectivity index (χ0) is 27.4. The number of nitro groups is 1. The SMILES string of the molecule is O=C(Nc1ccccc1)NC(c1ccc([N+](=O)[O-])cc1)C1c2ccccc2C(=O)N1C(=O)Nc1ccccc1. The molecule has 1 aliphatic heterocycles. The van der Waals surface area contributed by atoms with Crippen LogP contribution in [0.25, 0.3) is 0 Å². The number of carbonyl (C=O) groups is 3. The number of hydrogen-bond donors (Lipinski definition) is 3. The third kappa shape index (κ3) is 5.30. The van der Waals surface area contributed by atoms with Gasteiger partial charge in [-0.2, -0.15) is 0 Å². The Kier molecular flexibility index (Phi) is 7.00. The molecule has 10 nitrogen and oxygen atoms in total. The highest BCUT2D eigenvalue weighted by Crippen LogP contribution is 2.42. The van der Waals surface area contributed by atoms with Gasteiger partial charge < -0.3 is 16.0 Å². The lowest BCUT2D eigenvalue weighted by Gasteiger charge is -2.32. The Morgan fingerprint density at radius 2 is 1.33 bits per heavy atom. The van der Waals surface area contributed by atoms with Crippen LogP contribution in [0, 0.1) is 10.1 Å². The quantitative estimate of drug-likeness (QED) is 0.215. The van der Waals surface area contributed by atoms with Crippen LogP contribution in [0.1, 0.15) is 33.6 Å². The number of non-ortho nitro benzene ring substituents is 1. The molecular weight excluding hydrogens is 498 g/mol. The molecule has 3 N–H and O–H groups in total. The summed E-state index contributed by atoms with van der Waals surface area (Å²) < 4.78 is 0. The van der Waals surface area contributed by atoms with E-state index in [9.17, 15) is 24.5 Å². The van der Waals surface area contributed by atoms with E-state index in [-0.39, 0.29) is 5.69 Å². The number of urea groups is 2. The summed E-state index contributed by atoms with van der Waals surface area (Å²) in [5, 5.41) is 19.7. The highest BCUT2D eigenvalue weighted by atomic mass is 16.6. The van der Waals surface area contributed by atoms with Gasteiger partial charge in [0.2, 0.25) is 0 Å². The molecule has 1 heterocycles. The van der Waals surface area contributed by atoms with Crippen LogP contribution in [0.3, 0.4) is 0 Å². The summed E-state index contributed by atoms with van der Waals surface area (Å²) >= 11 is 0. The van der Waals surface area contributed by atoms with E-state index < -0.39 is 35.0 Å². The van der Waals surface area contributed by atoms with E-state index in [1.807, 2.05) is 6.07 Å². The maximum absolute atomic E-state index is 13.5. The predicted molar refractivity (Wildman–Crippen MR) is 145 cm³/mol. The third-order valence-corrected chi connectivity index (χ3v) is 6.35. The first-order valence-electron chi connectivity index (χ1n) is 12.1. The average molecular weight is 522 g/mol. The number of imide groups is 1. The number of para-hydroxylation sites is 2. The van der Waals surface area contributed by atoms with Crippen molar-refractivity contribution in [2.24, 2.45) is 0 Å². The molecule has 0 saturated heterocycles. The van der Waals surface area contributed by atoms with Gasteiger partial charge in [-0.1, -0.05) is 66.7 Å². The monoisotopic (exact) mass is 521 g/mol. The summed E-state index contributed by atoms with van der Waals surface area (Å²) in [5.74, 6) is -0.527. The minimum absolute atomic E-state index is 0.132. The summed E-state index contributed by atoms with van der Waals surface area (Å²) in [5.41, 5.74) is 2.23. The van der Waals surface area contributed by atoms with Crippen LogP contribution >= 0.6 is 0 Å². The zero-order valence-corrected chi connectivity index (χ0v) is 20.5. The molecule has 0 fully saturated rings. The number of carbonyl (C=O) groups excluding carboxylic acids is 3. The number of fused-ring (bicyclic) bond motifs is 1. The van der Waals surface area contributed by atoms with Crippen molar-refractivity contribution in [1.29, 1.82) is 0 Å². The summed E-state index contributed by atoms with van der Waals surface area (Å²) in [6.07, 6.45) is 0. The Morgan fingerprint density at radius 3 is 1.95 bits per heavy atom. The third-order valence-electron chi connectivity index (χ3n) is 6.35. The van der Waals surface area contributed by atoms with Gasteiger partial charge in [-0.25, -0.2) is 14.5 Å². The lowest BCUT2D eigenvalue weighted by atomic mass is 9.93. The largest absolute Gasteiger partial charge is 0.329 e. The van der Waals surface area contributed by atoms with Crippen LogP contribution in [0.5, 0.6) is 0 Å². The fourth-order valence-electron chi connectivity index (χ4n) is 4.58. The van der Waals surface area contributed by atoms with E-state index in [0.29, 0.717) is 28.1 Å². The fraction of sp³-hybridized carbons (Fsp3) is 0.0690. The molecule has 0 saturated carbocycles. The molecule has 2 atom stereocenters. The number of amides is 5. The number of nitro benzene ring substituents is 1. The van der Waals surface area contributed by atoms with Crippen molar-refractivity contribution in [2.45, 2.75) is 12.1 Å². The van der Waals surface area contributed by atoms with Crippen LogP contribution in [0.4, 0.5) is 26.7 Å². The molecule has 1 aliphatic rings. The van der Waals surface area contributed by atoms with E-state index in [4.69, 9.17) is 0 Å². The van der Waals surface area contributed by atoms with Gasteiger partial charge >= 0.3 is 12.1 Å². The zero-order valence-electron chi connectivity index (χ0n) is 20.5. The number of rotatable bonds is 6. The van der Waals surface area contributed by atoms with Crippen LogP contribution in [0.15, 0.2) is 109 Å². The van der Waals surface area contributed by atoms with Crippen LogP contribution in [0.2, 0.25) is 0 Å². The molecule has 0 spiro atoms. The van der Waals surface area contributed by atoms with Crippen LogP contribution < -0.4 is 16.0 Å². The predicted octanol–water partition coefficient (Wildman–Crippen LogP) is 5.89. The standard InChI is InChI=1S/C29H23N5O5/c35-27-24-14-8-7-13-23(24)26(33(27)29(37)31-21-11-5-2-6-12-21)25(19-15-17-22(18-16-19)34(38)39)32-28(36)30-20-9-3-1-4-10-20/h1-18,25-26H,(H,31,37)(H2,30,32,36). The van der Waals surface area contributed by atoms with E-state index in [0.717, 1.165) is 4.90 Å². The van der Waals surface area contributed by atoms with Crippen molar-refractivity contribution < 1.29 is 19.3 Å². The number of benzene rings is 4. The smallest absolute Gasteiger partial charge is 0.329 e. The highest BCUT2D eigenvalue weighted by molar-refractivity contribution is 6.11. The van der Waals surface area contributed by atoms with Gasteiger partial charge in [0.1, 0.15) is 0 Å². The molecule has 39 heavy (non-hydrogen) atoms. The highest BCUT2D eigenvalue weighted by Gasteiger charge is 2.45. The van der Waals surface area contributed by atoms with Gasteiger partial charge in [0.25, 0.3) is 11.6 Å². The number of nitrogens with zero attached hydrogens (tertiary/aromatic N) is 2. The Labute approximate surface area is 223 Å². The first-order chi connectivity index (χ1) is 18.9. The first-order valence-corrected chi connectivity index (χ1v) is 12.1. The van der Waals surface area contributed by atoms with E-state index in [1.165, 1.54) is 24.3 Å². The fourth-order valence-corrected chi connectivity index (χ4v) is 4.58.